The fraction of sp³-hybridized carbons (Fsp3) is 0.250. The largest absolute Gasteiger partial charge is 0.377 e. The van der Waals surface area contributed by atoms with Gasteiger partial charge in [0.2, 0.25) is 0 Å². The second-order valence-electron chi connectivity index (χ2n) is 4.78. The lowest BCUT2D eigenvalue weighted by Gasteiger charge is -2.11. The minimum Gasteiger partial charge on any atom is -0.377 e. The molecule has 0 radical (unpaired) electrons. The van der Waals surface area contributed by atoms with Gasteiger partial charge in [0.05, 0.1) is 11.1 Å². The van der Waals surface area contributed by atoms with Crippen molar-refractivity contribution >= 4 is 21.7 Å². The molecule has 0 saturated heterocycles. The number of nitrogens with zero attached hydrogens (tertiary/aromatic N) is 2. The number of pyridine rings is 1. The van der Waals surface area contributed by atoms with E-state index in [1.165, 1.54) is 5.56 Å². The number of benzene rings is 1. The van der Waals surface area contributed by atoms with Crippen molar-refractivity contribution in [3.05, 3.63) is 47.1 Å². The van der Waals surface area contributed by atoms with Crippen molar-refractivity contribution in [3.8, 4) is 11.1 Å². The van der Waals surface area contributed by atoms with Crippen LogP contribution in [0.2, 0.25) is 0 Å². The zero-order chi connectivity index (χ0) is 14.1. The van der Waals surface area contributed by atoms with E-state index in [9.17, 15) is 0 Å². The van der Waals surface area contributed by atoms with Gasteiger partial charge < -0.3 is 4.74 Å². The normalized spacial score (nSPS) is 12.8. The van der Waals surface area contributed by atoms with Gasteiger partial charge in [-0.2, -0.15) is 0 Å². The monoisotopic (exact) mass is 284 g/mol. The van der Waals surface area contributed by atoms with Gasteiger partial charge in [-0.25, -0.2) is 9.97 Å². The molecule has 0 aliphatic heterocycles. The van der Waals surface area contributed by atoms with Crippen LogP contribution in [0.5, 0.6) is 0 Å². The Bertz CT molecular complexity index is 751. The van der Waals surface area contributed by atoms with E-state index in [0.717, 1.165) is 26.5 Å². The molecule has 0 spiro atoms. The molecule has 0 aliphatic rings. The predicted octanol–water partition coefficient (Wildman–Crippen LogP) is 4.37. The number of thiazole rings is 1. The topological polar surface area (TPSA) is 35.0 Å². The van der Waals surface area contributed by atoms with Gasteiger partial charge in [0.1, 0.15) is 10.3 Å². The summed E-state index contributed by atoms with van der Waals surface area (Å²) in [6, 6.07) is 10.5. The number of aryl methyl sites for hydroxylation is 1. The summed E-state index contributed by atoms with van der Waals surface area (Å²) < 4.78 is 5.37. The van der Waals surface area contributed by atoms with E-state index in [1.54, 1.807) is 18.4 Å². The SMILES string of the molecule is CO[C@H](C)c1cccc(-c2cnc3sc(C)nc3c2)c1. The molecule has 0 amide bonds. The summed E-state index contributed by atoms with van der Waals surface area (Å²) in [4.78, 5) is 10.00. The van der Waals surface area contributed by atoms with Crippen molar-refractivity contribution in [1.29, 1.82) is 0 Å². The highest BCUT2D eigenvalue weighted by Gasteiger charge is 2.08. The van der Waals surface area contributed by atoms with Crippen LogP contribution < -0.4 is 0 Å². The molecule has 0 N–H and O–H groups in total. The van der Waals surface area contributed by atoms with Gasteiger partial charge >= 0.3 is 0 Å². The average molecular weight is 284 g/mol. The highest BCUT2D eigenvalue weighted by Crippen LogP contribution is 2.27. The number of hydrogen-bond acceptors (Lipinski definition) is 4. The molecule has 0 fully saturated rings. The molecule has 3 nitrogen and oxygen atoms in total. The number of methoxy groups -OCH3 is 1. The van der Waals surface area contributed by atoms with E-state index in [-0.39, 0.29) is 6.10 Å². The van der Waals surface area contributed by atoms with Crippen molar-refractivity contribution in [1.82, 2.24) is 9.97 Å². The second kappa shape index (κ2) is 5.31. The molecule has 0 unspecified atom stereocenters. The van der Waals surface area contributed by atoms with E-state index < -0.39 is 0 Å². The number of fused-ring (bicyclic) bond motifs is 1. The van der Waals surface area contributed by atoms with Crippen LogP contribution in [0.3, 0.4) is 0 Å². The zero-order valence-electron chi connectivity index (χ0n) is 11.8. The summed E-state index contributed by atoms with van der Waals surface area (Å²) in [5.74, 6) is 0. The highest BCUT2D eigenvalue weighted by molar-refractivity contribution is 7.18. The molecule has 1 atom stereocenters. The van der Waals surface area contributed by atoms with Crippen LogP contribution in [-0.2, 0) is 4.74 Å². The molecule has 0 saturated carbocycles. The molecule has 20 heavy (non-hydrogen) atoms. The van der Waals surface area contributed by atoms with Crippen LogP contribution >= 0.6 is 11.3 Å². The molecule has 2 heterocycles. The first-order valence-electron chi connectivity index (χ1n) is 6.53. The molecule has 3 rings (SSSR count). The van der Waals surface area contributed by atoms with Crippen LogP contribution in [0.25, 0.3) is 21.5 Å². The molecular formula is C16H16N2OS. The second-order valence-corrected chi connectivity index (χ2v) is 5.97. The summed E-state index contributed by atoms with van der Waals surface area (Å²) in [6.07, 6.45) is 2.00. The molecule has 0 bridgehead atoms. The summed E-state index contributed by atoms with van der Waals surface area (Å²) in [7, 11) is 1.73. The maximum atomic E-state index is 5.37. The Labute approximate surface area is 122 Å². The van der Waals surface area contributed by atoms with E-state index in [1.807, 2.05) is 20.0 Å². The van der Waals surface area contributed by atoms with Gasteiger partial charge in [-0.3, -0.25) is 0 Å². The summed E-state index contributed by atoms with van der Waals surface area (Å²) >= 11 is 1.63. The first kappa shape index (κ1) is 13.2. The minimum atomic E-state index is 0.0909. The molecule has 0 aliphatic carbocycles. The van der Waals surface area contributed by atoms with E-state index in [2.05, 4.69) is 40.3 Å². The first-order chi connectivity index (χ1) is 9.67. The number of hydrogen-bond donors (Lipinski definition) is 0. The Balaban J connectivity index is 2.05. The van der Waals surface area contributed by atoms with Crippen molar-refractivity contribution < 1.29 is 4.74 Å². The first-order valence-corrected chi connectivity index (χ1v) is 7.35. The van der Waals surface area contributed by atoms with Gasteiger partial charge in [0.15, 0.2) is 0 Å². The third kappa shape index (κ3) is 2.44. The van der Waals surface area contributed by atoms with Crippen LogP contribution in [0, 0.1) is 6.92 Å². The Hall–Kier alpha value is -1.78. The molecule has 1 aromatic carbocycles. The fourth-order valence-electron chi connectivity index (χ4n) is 2.20. The molecule has 4 heteroatoms. The standard InChI is InChI=1S/C16H16N2OS/c1-10(19-3)12-5-4-6-13(7-12)14-8-15-16(17-9-14)20-11(2)18-15/h4-10H,1-3H3/t10-/m1/s1. The number of ether oxygens (including phenoxy) is 1. The van der Waals surface area contributed by atoms with Gasteiger partial charge in [0.25, 0.3) is 0 Å². The molecule has 2 aromatic heterocycles. The van der Waals surface area contributed by atoms with Crippen LogP contribution in [0.15, 0.2) is 36.5 Å². The van der Waals surface area contributed by atoms with Crippen LogP contribution in [0.4, 0.5) is 0 Å². The molecule has 102 valence electrons. The molecule has 3 aromatic rings. The van der Waals surface area contributed by atoms with Gasteiger partial charge in [-0.05, 0) is 37.1 Å². The summed E-state index contributed by atoms with van der Waals surface area (Å²) in [6.45, 7) is 4.05. The minimum absolute atomic E-state index is 0.0909. The highest BCUT2D eigenvalue weighted by atomic mass is 32.1. The van der Waals surface area contributed by atoms with E-state index in [4.69, 9.17) is 4.74 Å². The zero-order valence-corrected chi connectivity index (χ0v) is 12.6. The van der Waals surface area contributed by atoms with E-state index in [0.29, 0.717) is 0 Å². The Morgan fingerprint density at radius 2 is 2.05 bits per heavy atom. The van der Waals surface area contributed by atoms with Crippen LogP contribution in [0.1, 0.15) is 23.6 Å². The lowest BCUT2D eigenvalue weighted by Crippen LogP contribution is -1.95. The van der Waals surface area contributed by atoms with Crippen molar-refractivity contribution in [2.45, 2.75) is 20.0 Å². The van der Waals surface area contributed by atoms with E-state index >= 15 is 0 Å². The Morgan fingerprint density at radius 1 is 1.20 bits per heavy atom. The van der Waals surface area contributed by atoms with Gasteiger partial charge in [-0.15, -0.1) is 0 Å². The lowest BCUT2D eigenvalue weighted by molar-refractivity contribution is 0.119. The third-order valence-corrected chi connectivity index (χ3v) is 4.29. The van der Waals surface area contributed by atoms with Crippen LogP contribution in [-0.4, -0.2) is 17.1 Å². The Kier molecular flexibility index (Phi) is 3.51. The fourth-order valence-corrected chi connectivity index (χ4v) is 2.94. The smallest absolute Gasteiger partial charge is 0.143 e. The summed E-state index contributed by atoms with van der Waals surface area (Å²) in [5, 5.41) is 1.05. The summed E-state index contributed by atoms with van der Waals surface area (Å²) in [5.41, 5.74) is 4.37. The lowest BCUT2D eigenvalue weighted by atomic mass is 10.0. The predicted molar refractivity (Wildman–Crippen MR) is 83.0 cm³/mol. The van der Waals surface area contributed by atoms with Crippen molar-refractivity contribution in [2.24, 2.45) is 0 Å². The third-order valence-electron chi connectivity index (χ3n) is 3.40. The van der Waals surface area contributed by atoms with Crippen molar-refractivity contribution in [2.75, 3.05) is 7.11 Å². The quantitative estimate of drug-likeness (QED) is 0.716. The maximum absolute atomic E-state index is 5.37. The number of rotatable bonds is 3. The Morgan fingerprint density at radius 3 is 2.85 bits per heavy atom. The maximum Gasteiger partial charge on any atom is 0.143 e. The molecular weight excluding hydrogens is 268 g/mol. The number of aromatic nitrogens is 2. The van der Waals surface area contributed by atoms with Crippen molar-refractivity contribution in [3.63, 3.8) is 0 Å². The average Bonchev–Trinajstić information content (AvgIpc) is 2.85. The van der Waals surface area contributed by atoms with Gasteiger partial charge in [0, 0.05) is 18.9 Å². The van der Waals surface area contributed by atoms with Gasteiger partial charge in [-0.1, -0.05) is 29.5 Å².